The molecule has 1 aliphatic carbocycles. The van der Waals surface area contributed by atoms with Crippen LogP contribution in [0.25, 0.3) is 5.57 Å². The Hall–Kier alpha value is -0.520. The number of rotatable bonds is 6. The molecule has 0 amide bonds. The summed E-state index contributed by atoms with van der Waals surface area (Å²) in [6.45, 7) is 17.2. The van der Waals surface area contributed by atoms with Gasteiger partial charge in [-0.3, -0.25) is 0 Å². The molecule has 0 saturated carbocycles. The van der Waals surface area contributed by atoms with Crippen molar-refractivity contribution in [3.8, 4) is 0 Å². The van der Waals surface area contributed by atoms with Crippen LogP contribution in [0.2, 0.25) is 0 Å². The van der Waals surface area contributed by atoms with E-state index in [0.29, 0.717) is 28.3 Å². The molecule has 4 unspecified atom stereocenters. The number of nitrogens with one attached hydrogen (secondary N) is 2. The fourth-order valence-corrected chi connectivity index (χ4v) is 11.6. The van der Waals surface area contributed by atoms with E-state index in [4.69, 9.17) is 0 Å². The van der Waals surface area contributed by atoms with E-state index in [-0.39, 0.29) is 13.1 Å². The number of hydrogen-bond acceptors (Lipinski definition) is 2. The third kappa shape index (κ3) is 6.14. The van der Waals surface area contributed by atoms with E-state index in [1.165, 1.54) is 55.8 Å². The van der Waals surface area contributed by atoms with Crippen molar-refractivity contribution in [1.82, 2.24) is 10.6 Å². The number of benzene rings is 1. The Kier molecular flexibility index (Phi) is 8.70. The second kappa shape index (κ2) is 11.1. The lowest BCUT2D eigenvalue weighted by Crippen LogP contribution is -2.62. The van der Waals surface area contributed by atoms with Gasteiger partial charge < -0.3 is 10.6 Å². The minimum atomic E-state index is -0.186. The van der Waals surface area contributed by atoms with E-state index in [9.17, 15) is 0 Å². The van der Waals surface area contributed by atoms with Gasteiger partial charge in [-0.2, -0.15) is 0 Å². The highest BCUT2D eigenvalue weighted by Crippen LogP contribution is 2.62. The fourth-order valence-electron chi connectivity index (χ4n) is 6.95. The second-order valence-electron chi connectivity index (χ2n) is 13.1. The first kappa shape index (κ1) is 27.5. The first-order valence-electron chi connectivity index (χ1n) is 14.0. The predicted octanol–water partition coefficient (Wildman–Crippen LogP) is 7.60. The summed E-state index contributed by atoms with van der Waals surface area (Å²) < 4.78 is 0. The van der Waals surface area contributed by atoms with Crippen molar-refractivity contribution in [2.24, 2.45) is 5.92 Å². The summed E-state index contributed by atoms with van der Waals surface area (Å²) in [5, 5.41) is 8.72. The lowest BCUT2D eigenvalue weighted by Gasteiger charge is -2.51. The van der Waals surface area contributed by atoms with Gasteiger partial charge in [0.15, 0.2) is 0 Å². The molecule has 2 N–H and O–H groups in total. The zero-order valence-electron chi connectivity index (χ0n) is 23.2. The second-order valence-corrected chi connectivity index (χ2v) is 17.9. The molecule has 1 aromatic rings. The summed E-state index contributed by atoms with van der Waals surface area (Å²) in [5.74, 6) is 0.500. The molecule has 2 heterocycles. The molecular formula is C31H50N2P2. The highest BCUT2D eigenvalue weighted by molar-refractivity contribution is 7.60. The van der Waals surface area contributed by atoms with E-state index >= 15 is 0 Å². The van der Waals surface area contributed by atoms with Gasteiger partial charge in [0.25, 0.3) is 0 Å². The lowest BCUT2D eigenvalue weighted by atomic mass is 9.74. The molecule has 0 bridgehead atoms. The highest BCUT2D eigenvalue weighted by atomic mass is 31.1. The normalized spacial score (nSPS) is 27.9. The summed E-state index contributed by atoms with van der Waals surface area (Å²) in [5.41, 5.74) is 4.46. The fraction of sp³-hybridized carbons (Fsp3) is 0.677. The van der Waals surface area contributed by atoms with Gasteiger partial charge in [-0.05, 0) is 72.0 Å². The zero-order chi connectivity index (χ0) is 25.3. The molecule has 3 aliphatic rings. The minimum Gasteiger partial charge on any atom is -0.313 e. The van der Waals surface area contributed by atoms with Crippen molar-refractivity contribution >= 4 is 22.7 Å². The maximum Gasteiger partial charge on any atom is 0.0370 e. The summed E-state index contributed by atoms with van der Waals surface area (Å²) in [4.78, 5) is 0. The first-order valence-corrected chi connectivity index (χ1v) is 16.1. The number of hydrogen-bond donors (Lipinski definition) is 2. The van der Waals surface area contributed by atoms with Crippen LogP contribution in [0.5, 0.6) is 0 Å². The van der Waals surface area contributed by atoms with Crippen LogP contribution >= 0.6 is 17.2 Å². The molecular weight excluding hydrogens is 462 g/mol. The molecule has 2 fully saturated rings. The predicted molar refractivity (Wildman–Crippen MR) is 161 cm³/mol. The van der Waals surface area contributed by atoms with Gasteiger partial charge in [-0.25, -0.2) is 0 Å². The van der Waals surface area contributed by atoms with Gasteiger partial charge in [0, 0.05) is 23.2 Å². The van der Waals surface area contributed by atoms with Crippen LogP contribution in [-0.4, -0.2) is 46.8 Å². The van der Waals surface area contributed by atoms with Crippen molar-refractivity contribution in [1.29, 1.82) is 0 Å². The number of allylic oxidation sites excluding steroid dienone is 3. The zero-order valence-corrected chi connectivity index (χ0v) is 25.2. The average Bonchev–Trinajstić information content (AvgIpc) is 3.27. The molecule has 4 atom stereocenters. The average molecular weight is 513 g/mol. The monoisotopic (exact) mass is 512 g/mol. The quantitative estimate of drug-likeness (QED) is 0.384. The molecule has 2 saturated heterocycles. The molecule has 0 spiro atoms. The van der Waals surface area contributed by atoms with E-state index in [2.05, 4.69) is 104 Å². The molecule has 2 nitrogen and oxygen atoms in total. The van der Waals surface area contributed by atoms with Crippen LogP contribution in [0, 0.1) is 5.92 Å². The third-order valence-corrected chi connectivity index (χ3v) is 13.6. The molecule has 4 heteroatoms. The largest absolute Gasteiger partial charge is 0.313 e. The molecule has 0 radical (unpaired) electrons. The highest BCUT2D eigenvalue weighted by Gasteiger charge is 2.49. The smallest absolute Gasteiger partial charge is 0.0370 e. The van der Waals surface area contributed by atoms with Crippen molar-refractivity contribution in [3.63, 3.8) is 0 Å². The summed E-state index contributed by atoms with van der Waals surface area (Å²) in [6.07, 6.45) is 14.4. The summed E-state index contributed by atoms with van der Waals surface area (Å²) in [6, 6.07) is 12.1. The van der Waals surface area contributed by atoms with E-state index < -0.39 is 0 Å². The number of piperidine rings is 2. The van der Waals surface area contributed by atoms with Crippen molar-refractivity contribution in [2.45, 2.75) is 108 Å². The molecule has 35 heavy (non-hydrogen) atoms. The molecule has 4 rings (SSSR count). The van der Waals surface area contributed by atoms with Crippen LogP contribution in [-0.2, 0) is 0 Å². The van der Waals surface area contributed by atoms with Crippen LogP contribution in [0.15, 0.2) is 48.1 Å². The third-order valence-electron chi connectivity index (χ3n) is 8.47. The van der Waals surface area contributed by atoms with Crippen molar-refractivity contribution in [2.75, 3.05) is 19.3 Å². The maximum absolute atomic E-state index is 4.00. The van der Waals surface area contributed by atoms with Gasteiger partial charge in [-0.15, -0.1) is 9.24 Å². The Labute approximate surface area is 219 Å². The van der Waals surface area contributed by atoms with E-state index in [1.807, 2.05) is 0 Å². The van der Waals surface area contributed by atoms with Gasteiger partial charge in [0.2, 0.25) is 0 Å². The van der Waals surface area contributed by atoms with Crippen molar-refractivity contribution in [3.05, 3.63) is 53.6 Å². The van der Waals surface area contributed by atoms with Gasteiger partial charge in [-0.1, -0.05) is 105 Å². The Morgan fingerprint density at radius 1 is 0.829 bits per heavy atom. The Bertz CT molecular complexity index is 862. The molecule has 1 aromatic carbocycles. The van der Waals surface area contributed by atoms with Crippen LogP contribution < -0.4 is 10.6 Å². The topological polar surface area (TPSA) is 24.1 Å². The molecule has 194 valence electrons. The Morgan fingerprint density at radius 3 is 1.83 bits per heavy atom. The van der Waals surface area contributed by atoms with E-state index in [0.717, 1.165) is 13.1 Å². The first-order chi connectivity index (χ1) is 16.5. The lowest BCUT2D eigenvalue weighted by molar-refractivity contribution is 0.255. The van der Waals surface area contributed by atoms with Crippen LogP contribution in [0.3, 0.4) is 0 Å². The SMILES string of the molecule is CC(C)(C)P(CC1C=C(c2ccccc2)C=C1C(P)(C1CCCCN1)C1CCCCN1)C(C)(C)C. The van der Waals surface area contributed by atoms with Crippen LogP contribution in [0.1, 0.15) is 85.6 Å². The molecule has 2 aliphatic heterocycles. The minimum absolute atomic E-state index is 0.0509. The summed E-state index contributed by atoms with van der Waals surface area (Å²) >= 11 is 0. The van der Waals surface area contributed by atoms with Gasteiger partial charge >= 0.3 is 0 Å². The summed E-state index contributed by atoms with van der Waals surface area (Å²) in [7, 11) is 3.29. The maximum atomic E-state index is 4.00. The molecule has 0 aromatic heterocycles. The van der Waals surface area contributed by atoms with Gasteiger partial charge in [0.05, 0.1) is 0 Å². The van der Waals surface area contributed by atoms with Crippen molar-refractivity contribution < 1.29 is 0 Å². The standard InChI is InChI=1S/C31H50N2P2/c1-29(2,3)35(30(4,5)6)22-25-20-24(23-14-8-7-9-15-23)21-26(25)31(34,27-16-10-12-18-32-27)28-17-11-13-19-33-28/h7-9,14-15,20-21,25,27-28,32-33H,10-13,16-19,22,34H2,1-6H3. The van der Waals surface area contributed by atoms with E-state index in [1.54, 1.807) is 5.57 Å². The Balaban J connectivity index is 1.79. The Morgan fingerprint density at radius 2 is 1.37 bits per heavy atom. The van der Waals surface area contributed by atoms with Crippen LogP contribution in [0.4, 0.5) is 0 Å². The van der Waals surface area contributed by atoms with Gasteiger partial charge in [0.1, 0.15) is 0 Å².